The maximum absolute atomic E-state index is 12.2. The van der Waals surface area contributed by atoms with Gasteiger partial charge in [-0.15, -0.1) is 0 Å². The maximum atomic E-state index is 12.2. The van der Waals surface area contributed by atoms with Crippen molar-refractivity contribution >= 4 is 11.8 Å². The Bertz CT molecular complexity index is 315. The quantitative estimate of drug-likeness (QED) is 0.831. The zero-order valence-electron chi connectivity index (χ0n) is 11.3. The lowest BCUT2D eigenvalue weighted by Gasteiger charge is -2.44. The first-order valence-corrected chi connectivity index (χ1v) is 7.22. The molecule has 1 N–H and O–H groups in total. The van der Waals surface area contributed by atoms with Gasteiger partial charge in [0.05, 0.1) is 0 Å². The normalized spacial score (nSPS) is 27.5. The first kappa shape index (κ1) is 13.4. The van der Waals surface area contributed by atoms with E-state index in [1.807, 2.05) is 0 Å². The van der Waals surface area contributed by atoms with Crippen molar-refractivity contribution in [2.75, 3.05) is 13.1 Å². The minimum absolute atomic E-state index is 0.0583. The van der Waals surface area contributed by atoms with Crippen molar-refractivity contribution in [1.29, 1.82) is 0 Å². The fourth-order valence-corrected chi connectivity index (χ4v) is 3.42. The monoisotopic (exact) mass is 252 g/mol. The summed E-state index contributed by atoms with van der Waals surface area (Å²) in [5.41, 5.74) is 0. The number of rotatable bonds is 3. The maximum Gasteiger partial charge on any atom is 0.224 e. The summed E-state index contributed by atoms with van der Waals surface area (Å²) >= 11 is 0. The number of carbonyl (C=O) groups excluding carboxylic acids is 2. The van der Waals surface area contributed by atoms with Gasteiger partial charge in [-0.05, 0) is 31.6 Å². The molecule has 2 aliphatic rings. The predicted octanol–water partition coefficient (Wildman–Crippen LogP) is 1.69. The van der Waals surface area contributed by atoms with E-state index in [0.717, 1.165) is 18.9 Å². The zero-order valence-corrected chi connectivity index (χ0v) is 11.3. The Labute approximate surface area is 109 Å². The highest BCUT2D eigenvalue weighted by Crippen LogP contribution is 2.35. The van der Waals surface area contributed by atoms with Crippen molar-refractivity contribution in [3.8, 4) is 0 Å². The summed E-state index contributed by atoms with van der Waals surface area (Å²) in [7, 11) is 0. The molecule has 0 bridgehead atoms. The van der Waals surface area contributed by atoms with Gasteiger partial charge in [0.1, 0.15) is 0 Å². The molecule has 2 amide bonds. The van der Waals surface area contributed by atoms with E-state index in [4.69, 9.17) is 0 Å². The Balaban J connectivity index is 1.85. The molecule has 0 aromatic rings. The number of likely N-dealkylation sites (tertiary alicyclic amines) is 1. The highest BCUT2D eigenvalue weighted by Gasteiger charge is 2.35. The van der Waals surface area contributed by atoms with Crippen LogP contribution in [0.3, 0.4) is 0 Å². The SMILES string of the molecule is CC(=O)NCCC(=O)N1CCCC2CCCCC21. The van der Waals surface area contributed by atoms with Crippen LogP contribution in [0.15, 0.2) is 0 Å². The second kappa shape index (κ2) is 6.21. The second-order valence-electron chi connectivity index (χ2n) is 5.57. The molecule has 1 heterocycles. The molecule has 4 heteroatoms. The lowest BCUT2D eigenvalue weighted by molar-refractivity contribution is -0.137. The Morgan fingerprint density at radius 1 is 1.17 bits per heavy atom. The number of piperidine rings is 1. The summed E-state index contributed by atoms with van der Waals surface area (Å²) in [5, 5.41) is 2.70. The Morgan fingerprint density at radius 2 is 1.89 bits per heavy atom. The van der Waals surface area contributed by atoms with E-state index in [1.165, 1.54) is 39.0 Å². The van der Waals surface area contributed by atoms with Gasteiger partial charge in [-0.1, -0.05) is 12.8 Å². The van der Waals surface area contributed by atoms with Crippen LogP contribution in [0.4, 0.5) is 0 Å². The molecule has 18 heavy (non-hydrogen) atoms. The van der Waals surface area contributed by atoms with Crippen molar-refractivity contribution in [1.82, 2.24) is 10.2 Å². The summed E-state index contributed by atoms with van der Waals surface area (Å²) in [4.78, 5) is 25.1. The lowest BCUT2D eigenvalue weighted by Crippen LogP contribution is -2.50. The van der Waals surface area contributed by atoms with Crippen LogP contribution in [0.2, 0.25) is 0 Å². The third kappa shape index (κ3) is 3.24. The topological polar surface area (TPSA) is 49.4 Å². The van der Waals surface area contributed by atoms with Gasteiger partial charge >= 0.3 is 0 Å². The second-order valence-corrected chi connectivity index (χ2v) is 5.57. The molecule has 1 aliphatic heterocycles. The number of hydrogen-bond acceptors (Lipinski definition) is 2. The van der Waals surface area contributed by atoms with Gasteiger partial charge in [-0.3, -0.25) is 9.59 Å². The van der Waals surface area contributed by atoms with Gasteiger partial charge in [0.25, 0.3) is 0 Å². The third-order valence-electron chi connectivity index (χ3n) is 4.28. The van der Waals surface area contributed by atoms with Gasteiger partial charge in [-0.2, -0.15) is 0 Å². The van der Waals surface area contributed by atoms with Crippen molar-refractivity contribution in [2.24, 2.45) is 5.92 Å². The first-order chi connectivity index (χ1) is 8.68. The molecule has 102 valence electrons. The highest BCUT2D eigenvalue weighted by atomic mass is 16.2. The minimum atomic E-state index is -0.0583. The molecule has 4 nitrogen and oxygen atoms in total. The number of amides is 2. The molecular weight excluding hydrogens is 228 g/mol. The minimum Gasteiger partial charge on any atom is -0.356 e. The van der Waals surface area contributed by atoms with Gasteiger partial charge in [0.2, 0.25) is 11.8 Å². The fourth-order valence-electron chi connectivity index (χ4n) is 3.42. The van der Waals surface area contributed by atoms with E-state index in [9.17, 15) is 9.59 Å². The van der Waals surface area contributed by atoms with Crippen LogP contribution >= 0.6 is 0 Å². The molecule has 0 aromatic heterocycles. The molecule has 2 rings (SSSR count). The molecular formula is C14H24N2O2. The summed E-state index contributed by atoms with van der Waals surface area (Å²) in [6.45, 7) is 2.88. The highest BCUT2D eigenvalue weighted by molar-refractivity contribution is 5.78. The molecule has 2 fully saturated rings. The summed E-state index contributed by atoms with van der Waals surface area (Å²) in [5.74, 6) is 0.898. The number of hydrogen-bond donors (Lipinski definition) is 1. The molecule has 1 saturated heterocycles. The summed E-state index contributed by atoms with van der Waals surface area (Å²) < 4.78 is 0. The summed E-state index contributed by atoms with van der Waals surface area (Å²) in [6.07, 6.45) is 7.94. The molecule has 2 unspecified atom stereocenters. The average molecular weight is 252 g/mol. The third-order valence-corrected chi connectivity index (χ3v) is 4.28. The average Bonchev–Trinajstić information content (AvgIpc) is 2.37. The van der Waals surface area contributed by atoms with Crippen LogP contribution in [-0.2, 0) is 9.59 Å². The standard InChI is InChI=1S/C14H24N2O2/c1-11(17)15-9-8-14(18)16-10-4-6-12-5-2-3-7-13(12)16/h12-13H,2-10H2,1H3,(H,15,17). The van der Waals surface area contributed by atoms with Crippen molar-refractivity contribution in [3.63, 3.8) is 0 Å². The van der Waals surface area contributed by atoms with E-state index in [1.54, 1.807) is 0 Å². The van der Waals surface area contributed by atoms with Gasteiger partial charge in [-0.25, -0.2) is 0 Å². The zero-order chi connectivity index (χ0) is 13.0. The molecule has 0 radical (unpaired) electrons. The van der Waals surface area contributed by atoms with Gasteiger partial charge in [0, 0.05) is 32.5 Å². The van der Waals surface area contributed by atoms with Crippen LogP contribution in [0.1, 0.15) is 51.9 Å². The van der Waals surface area contributed by atoms with Crippen molar-refractivity contribution < 1.29 is 9.59 Å². The van der Waals surface area contributed by atoms with E-state index in [2.05, 4.69) is 10.2 Å². The largest absolute Gasteiger partial charge is 0.356 e. The fraction of sp³-hybridized carbons (Fsp3) is 0.857. The Hall–Kier alpha value is -1.06. The lowest BCUT2D eigenvalue weighted by atomic mass is 9.78. The number of nitrogens with zero attached hydrogens (tertiary/aromatic N) is 1. The first-order valence-electron chi connectivity index (χ1n) is 7.22. The van der Waals surface area contributed by atoms with E-state index < -0.39 is 0 Å². The van der Waals surface area contributed by atoms with E-state index >= 15 is 0 Å². The number of nitrogens with one attached hydrogen (secondary N) is 1. The Kier molecular flexibility index (Phi) is 4.61. The smallest absolute Gasteiger partial charge is 0.224 e. The Morgan fingerprint density at radius 3 is 2.67 bits per heavy atom. The van der Waals surface area contributed by atoms with Crippen molar-refractivity contribution in [2.45, 2.75) is 57.9 Å². The van der Waals surface area contributed by atoms with Gasteiger partial charge < -0.3 is 10.2 Å². The van der Waals surface area contributed by atoms with E-state index in [0.29, 0.717) is 19.0 Å². The van der Waals surface area contributed by atoms with Crippen LogP contribution < -0.4 is 5.32 Å². The number of carbonyl (C=O) groups is 2. The molecule has 1 aliphatic carbocycles. The molecule has 2 atom stereocenters. The summed E-state index contributed by atoms with van der Waals surface area (Å²) in [6, 6.07) is 0.484. The molecule has 0 aromatic carbocycles. The molecule has 1 saturated carbocycles. The predicted molar refractivity (Wildman–Crippen MR) is 70.0 cm³/mol. The van der Waals surface area contributed by atoms with Gasteiger partial charge in [0.15, 0.2) is 0 Å². The number of fused-ring (bicyclic) bond motifs is 1. The van der Waals surface area contributed by atoms with E-state index in [-0.39, 0.29) is 11.8 Å². The van der Waals surface area contributed by atoms with Crippen molar-refractivity contribution in [3.05, 3.63) is 0 Å². The molecule has 0 spiro atoms. The van der Waals surface area contributed by atoms with Crippen LogP contribution in [0.25, 0.3) is 0 Å². The van der Waals surface area contributed by atoms with Crippen LogP contribution in [-0.4, -0.2) is 35.8 Å². The van der Waals surface area contributed by atoms with Crippen LogP contribution in [0, 0.1) is 5.92 Å². The van der Waals surface area contributed by atoms with Crippen LogP contribution in [0.5, 0.6) is 0 Å².